The highest BCUT2D eigenvalue weighted by Crippen LogP contribution is 2.38. The number of likely N-dealkylation sites (tertiary alicyclic amines) is 1. The van der Waals surface area contributed by atoms with Crippen molar-refractivity contribution in [3.63, 3.8) is 0 Å². The minimum atomic E-state index is -0.315. The molecule has 2 rings (SSSR count). The molecule has 2 heterocycles. The molecular weight excluding hydrogens is 368 g/mol. The average molecular weight is 411 g/mol. The van der Waals surface area contributed by atoms with Crippen LogP contribution in [-0.4, -0.2) is 58.2 Å². The van der Waals surface area contributed by atoms with Gasteiger partial charge in [0.1, 0.15) is 12.2 Å². The first-order chi connectivity index (χ1) is 13.0. The maximum atomic E-state index is 12.4. The molecule has 0 atom stereocenters. The molecule has 0 amide bonds. The fourth-order valence-electron chi connectivity index (χ4n) is 5.37. The van der Waals surface area contributed by atoms with Gasteiger partial charge in [-0.15, -0.1) is 0 Å². The molecule has 2 saturated heterocycles. The number of hydrogen-bond donors (Lipinski definition) is 1. The predicted octanol–water partition coefficient (Wildman–Crippen LogP) is 3.81. The minimum Gasteiger partial charge on any atom is -0.462 e. The maximum absolute atomic E-state index is 12.4. The van der Waals surface area contributed by atoms with Crippen LogP contribution >= 0.6 is 0 Å². The zero-order chi connectivity index (χ0) is 22.3. The van der Waals surface area contributed by atoms with E-state index in [1.54, 1.807) is 0 Å². The molecule has 6 nitrogen and oxygen atoms in total. The number of ether oxygens (including phenoxy) is 2. The second-order valence-electron chi connectivity index (χ2n) is 11.6. The lowest BCUT2D eigenvalue weighted by atomic mass is 9.79. The third kappa shape index (κ3) is 6.68. The molecule has 0 aliphatic carbocycles. The summed E-state index contributed by atoms with van der Waals surface area (Å²) in [4.78, 5) is 27.0. The molecule has 0 saturated carbocycles. The van der Waals surface area contributed by atoms with Crippen LogP contribution < -0.4 is 5.32 Å². The Morgan fingerprint density at radius 1 is 0.759 bits per heavy atom. The molecule has 29 heavy (non-hydrogen) atoms. The summed E-state index contributed by atoms with van der Waals surface area (Å²) in [7, 11) is 2.12. The smallest absolute Gasteiger partial charge is 0.306 e. The van der Waals surface area contributed by atoms with E-state index in [9.17, 15) is 9.59 Å². The third-order valence-electron chi connectivity index (χ3n) is 6.55. The molecular formula is C23H42N2O4. The summed E-state index contributed by atoms with van der Waals surface area (Å²) < 4.78 is 11.4. The van der Waals surface area contributed by atoms with Crippen molar-refractivity contribution in [1.29, 1.82) is 0 Å². The summed E-state index contributed by atoms with van der Waals surface area (Å²) in [6, 6.07) is 0. The maximum Gasteiger partial charge on any atom is 0.306 e. The largest absolute Gasteiger partial charge is 0.462 e. The second-order valence-corrected chi connectivity index (χ2v) is 11.6. The Bertz CT molecular complexity index is 590. The van der Waals surface area contributed by atoms with Gasteiger partial charge in [-0.05, 0) is 62.4 Å². The van der Waals surface area contributed by atoms with Crippen LogP contribution in [0.1, 0.15) is 93.9 Å². The number of carbonyl (C=O) groups excluding carboxylic acids is 2. The average Bonchev–Trinajstić information content (AvgIpc) is 2.46. The molecule has 1 N–H and O–H groups in total. The topological polar surface area (TPSA) is 67.9 Å². The van der Waals surface area contributed by atoms with Crippen LogP contribution in [0.3, 0.4) is 0 Å². The van der Waals surface area contributed by atoms with Gasteiger partial charge in [0.15, 0.2) is 0 Å². The first kappa shape index (κ1) is 24.1. The molecule has 0 spiro atoms. The van der Waals surface area contributed by atoms with Gasteiger partial charge in [0.2, 0.25) is 0 Å². The molecule has 2 fully saturated rings. The first-order valence-corrected chi connectivity index (χ1v) is 10.9. The van der Waals surface area contributed by atoms with Crippen LogP contribution in [0.25, 0.3) is 0 Å². The molecule has 168 valence electrons. The van der Waals surface area contributed by atoms with E-state index in [-0.39, 0.29) is 59.1 Å². The number of esters is 2. The molecule has 6 heteroatoms. The lowest BCUT2D eigenvalue weighted by Gasteiger charge is -2.53. The molecule has 2 aliphatic heterocycles. The van der Waals surface area contributed by atoms with Gasteiger partial charge < -0.3 is 14.8 Å². The quantitative estimate of drug-likeness (QED) is 0.695. The van der Waals surface area contributed by atoms with Gasteiger partial charge in [-0.2, -0.15) is 0 Å². The van der Waals surface area contributed by atoms with Crippen LogP contribution in [0.2, 0.25) is 0 Å². The predicted molar refractivity (Wildman–Crippen MR) is 115 cm³/mol. The van der Waals surface area contributed by atoms with Crippen molar-refractivity contribution in [3.8, 4) is 0 Å². The van der Waals surface area contributed by atoms with Crippen molar-refractivity contribution in [2.75, 3.05) is 7.05 Å². The highest BCUT2D eigenvalue weighted by molar-refractivity contribution is 5.77. The highest BCUT2D eigenvalue weighted by Gasteiger charge is 2.44. The van der Waals surface area contributed by atoms with E-state index in [1.807, 2.05) is 0 Å². The van der Waals surface area contributed by atoms with Gasteiger partial charge in [0, 0.05) is 47.8 Å². The summed E-state index contributed by atoms with van der Waals surface area (Å²) in [5.41, 5.74) is -0.251. The summed E-state index contributed by atoms with van der Waals surface area (Å²) in [6.07, 6.45) is 3.03. The van der Waals surface area contributed by atoms with Crippen LogP contribution in [0, 0.1) is 0 Å². The Labute approximate surface area is 177 Å². The Balaban J connectivity index is 1.81. The minimum absolute atomic E-state index is 0.0414. The van der Waals surface area contributed by atoms with Crippen molar-refractivity contribution >= 4 is 11.9 Å². The molecule has 0 unspecified atom stereocenters. The number of rotatable bonds is 5. The summed E-state index contributed by atoms with van der Waals surface area (Å²) in [6.45, 7) is 17.2. The zero-order valence-electron chi connectivity index (χ0n) is 20.0. The van der Waals surface area contributed by atoms with E-state index < -0.39 is 0 Å². The normalized spacial score (nSPS) is 26.7. The van der Waals surface area contributed by atoms with Crippen LogP contribution in [0.15, 0.2) is 0 Å². The van der Waals surface area contributed by atoms with Crippen LogP contribution in [0.4, 0.5) is 0 Å². The number of nitrogens with zero attached hydrogens (tertiary/aromatic N) is 1. The van der Waals surface area contributed by atoms with Gasteiger partial charge in [0.05, 0.1) is 12.8 Å². The van der Waals surface area contributed by atoms with E-state index in [4.69, 9.17) is 9.47 Å². The van der Waals surface area contributed by atoms with E-state index in [0.717, 1.165) is 25.7 Å². The SMILES string of the molecule is CN1C(C)(C)CC(OC(=O)CCC(=O)OC2CC(C)(C)NC(C)(C)C2)CC1(C)C. The van der Waals surface area contributed by atoms with Gasteiger partial charge in [-0.25, -0.2) is 0 Å². The fourth-order valence-corrected chi connectivity index (χ4v) is 5.37. The Morgan fingerprint density at radius 2 is 1.10 bits per heavy atom. The van der Waals surface area contributed by atoms with Crippen LogP contribution in [0.5, 0.6) is 0 Å². The number of hydrogen-bond acceptors (Lipinski definition) is 6. The van der Waals surface area contributed by atoms with E-state index in [0.29, 0.717) is 0 Å². The highest BCUT2D eigenvalue weighted by atomic mass is 16.6. The lowest BCUT2D eigenvalue weighted by Crippen LogP contribution is -2.60. The zero-order valence-corrected chi connectivity index (χ0v) is 20.0. The van der Waals surface area contributed by atoms with Crippen molar-refractivity contribution in [3.05, 3.63) is 0 Å². The third-order valence-corrected chi connectivity index (χ3v) is 6.55. The van der Waals surface area contributed by atoms with Crippen molar-refractivity contribution in [2.45, 2.75) is 128 Å². The summed E-state index contributed by atoms with van der Waals surface area (Å²) in [5, 5.41) is 3.58. The van der Waals surface area contributed by atoms with E-state index >= 15 is 0 Å². The molecule has 0 aromatic rings. The standard InChI is InChI=1S/C23H42N2O4/c1-20(2)12-16(13-21(3,4)24-20)28-18(26)10-11-19(27)29-17-14-22(5,6)25(9)23(7,8)15-17/h16-17,24H,10-15H2,1-9H3. The fraction of sp³-hybridized carbons (Fsp3) is 0.913. The molecule has 0 aromatic carbocycles. The Kier molecular flexibility index (Phi) is 6.81. The van der Waals surface area contributed by atoms with Gasteiger partial charge >= 0.3 is 11.9 Å². The van der Waals surface area contributed by atoms with Crippen molar-refractivity contribution in [1.82, 2.24) is 10.2 Å². The van der Waals surface area contributed by atoms with Crippen LogP contribution in [-0.2, 0) is 19.1 Å². The summed E-state index contributed by atoms with van der Waals surface area (Å²) >= 11 is 0. The molecule has 0 aromatic heterocycles. The first-order valence-electron chi connectivity index (χ1n) is 10.9. The molecule has 0 bridgehead atoms. The van der Waals surface area contributed by atoms with E-state index in [1.165, 1.54) is 0 Å². The van der Waals surface area contributed by atoms with Gasteiger partial charge in [0.25, 0.3) is 0 Å². The van der Waals surface area contributed by atoms with Crippen molar-refractivity contribution < 1.29 is 19.1 Å². The Morgan fingerprint density at radius 3 is 1.48 bits per heavy atom. The van der Waals surface area contributed by atoms with Gasteiger partial charge in [-0.3, -0.25) is 14.5 Å². The summed E-state index contributed by atoms with van der Waals surface area (Å²) in [5.74, 6) is -0.626. The van der Waals surface area contributed by atoms with Crippen molar-refractivity contribution in [2.24, 2.45) is 0 Å². The lowest BCUT2D eigenvalue weighted by molar-refractivity contribution is -0.163. The number of nitrogens with one attached hydrogen (secondary N) is 1. The van der Waals surface area contributed by atoms with Gasteiger partial charge in [-0.1, -0.05) is 0 Å². The number of carbonyl (C=O) groups is 2. The second kappa shape index (κ2) is 8.18. The molecule has 0 radical (unpaired) electrons. The molecule has 2 aliphatic rings. The number of piperidine rings is 2. The monoisotopic (exact) mass is 410 g/mol. The van der Waals surface area contributed by atoms with E-state index in [2.05, 4.69) is 72.7 Å². The Hall–Kier alpha value is -1.14.